The maximum Gasteiger partial charge on any atom is 0.0962 e. The van der Waals surface area contributed by atoms with Crippen LogP contribution in [0.4, 0.5) is 0 Å². The van der Waals surface area contributed by atoms with E-state index in [4.69, 9.17) is 5.73 Å². The molecule has 1 aliphatic heterocycles. The molecule has 1 aromatic heterocycles. The van der Waals surface area contributed by atoms with Crippen LogP contribution in [-0.4, -0.2) is 40.0 Å². The number of hydrogen-bond acceptors (Lipinski definition) is 4. The second-order valence-electron chi connectivity index (χ2n) is 3.95. The van der Waals surface area contributed by atoms with Gasteiger partial charge in [0.25, 0.3) is 0 Å². The van der Waals surface area contributed by atoms with E-state index in [1.54, 1.807) is 0 Å². The fraction of sp³-hybridized carbons (Fsp3) is 0.778. The lowest BCUT2D eigenvalue weighted by Gasteiger charge is -2.29. The predicted molar refractivity (Wildman–Crippen MR) is 53.7 cm³/mol. The largest absolute Gasteiger partial charge is 0.325 e. The van der Waals surface area contributed by atoms with Crippen LogP contribution in [0.15, 0.2) is 6.20 Å². The van der Waals surface area contributed by atoms with Gasteiger partial charge >= 0.3 is 0 Å². The first kappa shape index (κ1) is 9.61. The summed E-state index contributed by atoms with van der Waals surface area (Å²) < 4.78 is 1.96. The Labute approximate surface area is 83.9 Å². The fourth-order valence-electron chi connectivity index (χ4n) is 1.94. The number of likely N-dealkylation sites (N-methyl/N-ethyl adjacent to an activating group) is 1. The van der Waals surface area contributed by atoms with Crippen LogP contribution in [0.1, 0.15) is 24.6 Å². The van der Waals surface area contributed by atoms with Crippen LogP contribution in [-0.2, 0) is 6.54 Å². The molecule has 0 spiro atoms. The van der Waals surface area contributed by atoms with E-state index in [2.05, 4.69) is 22.3 Å². The molecule has 0 amide bonds. The van der Waals surface area contributed by atoms with Crippen LogP contribution < -0.4 is 5.73 Å². The normalized spacial score (nSPS) is 24.0. The van der Waals surface area contributed by atoms with Gasteiger partial charge in [0.1, 0.15) is 0 Å². The summed E-state index contributed by atoms with van der Waals surface area (Å²) in [4.78, 5) is 2.33. The Hall–Kier alpha value is -0.940. The molecular weight excluding hydrogens is 178 g/mol. The van der Waals surface area contributed by atoms with Gasteiger partial charge in [-0.25, -0.2) is 4.68 Å². The molecule has 1 saturated heterocycles. The van der Waals surface area contributed by atoms with Crippen molar-refractivity contribution in [1.82, 2.24) is 19.9 Å². The monoisotopic (exact) mass is 195 g/mol. The van der Waals surface area contributed by atoms with Gasteiger partial charge in [0.15, 0.2) is 0 Å². The first-order valence-corrected chi connectivity index (χ1v) is 5.09. The molecule has 0 aromatic carbocycles. The maximum absolute atomic E-state index is 5.49. The van der Waals surface area contributed by atoms with Crippen LogP contribution >= 0.6 is 0 Å². The van der Waals surface area contributed by atoms with E-state index in [1.165, 1.54) is 19.4 Å². The van der Waals surface area contributed by atoms with Crippen molar-refractivity contribution in [2.75, 3.05) is 20.1 Å². The summed E-state index contributed by atoms with van der Waals surface area (Å²) in [5.41, 5.74) is 6.37. The third kappa shape index (κ3) is 1.93. The minimum Gasteiger partial charge on any atom is -0.325 e. The highest BCUT2D eigenvalue weighted by Crippen LogP contribution is 2.19. The van der Waals surface area contributed by atoms with Gasteiger partial charge < -0.3 is 10.6 Å². The molecule has 2 rings (SSSR count). The first-order chi connectivity index (χ1) is 6.79. The summed E-state index contributed by atoms with van der Waals surface area (Å²) in [7, 11) is 2.15. The standard InChI is InChI=1S/C9H17N5/c1-13-4-2-3-9(7-13)14-6-8(5-10)11-12-14/h6,9H,2-5,7,10H2,1H3/t9-/m0/s1. The van der Waals surface area contributed by atoms with Crippen molar-refractivity contribution in [3.63, 3.8) is 0 Å². The lowest BCUT2D eigenvalue weighted by atomic mass is 10.1. The molecule has 5 heteroatoms. The third-order valence-corrected chi connectivity index (χ3v) is 2.74. The molecule has 0 radical (unpaired) electrons. The fourth-order valence-corrected chi connectivity index (χ4v) is 1.94. The minimum absolute atomic E-state index is 0.474. The first-order valence-electron chi connectivity index (χ1n) is 5.09. The molecule has 0 bridgehead atoms. The smallest absolute Gasteiger partial charge is 0.0962 e. The third-order valence-electron chi connectivity index (χ3n) is 2.74. The quantitative estimate of drug-likeness (QED) is 0.722. The Kier molecular flexibility index (Phi) is 2.79. The van der Waals surface area contributed by atoms with E-state index >= 15 is 0 Å². The van der Waals surface area contributed by atoms with Gasteiger partial charge in [0.05, 0.1) is 17.9 Å². The number of aromatic nitrogens is 3. The van der Waals surface area contributed by atoms with Crippen LogP contribution in [0.2, 0.25) is 0 Å². The topological polar surface area (TPSA) is 60.0 Å². The second kappa shape index (κ2) is 4.06. The maximum atomic E-state index is 5.49. The molecule has 0 unspecified atom stereocenters. The van der Waals surface area contributed by atoms with E-state index < -0.39 is 0 Å². The van der Waals surface area contributed by atoms with Crippen LogP contribution in [0.3, 0.4) is 0 Å². The molecule has 1 aromatic rings. The van der Waals surface area contributed by atoms with Crippen LogP contribution in [0.5, 0.6) is 0 Å². The van der Waals surface area contributed by atoms with E-state index in [1.807, 2.05) is 10.9 Å². The summed E-state index contributed by atoms with van der Waals surface area (Å²) in [6.45, 7) is 2.73. The molecule has 1 aliphatic rings. The van der Waals surface area contributed by atoms with Gasteiger partial charge in [-0.15, -0.1) is 5.10 Å². The number of nitrogens with two attached hydrogens (primary N) is 1. The van der Waals surface area contributed by atoms with Gasteiger partial charge in [0, 0.05) is 13.1 Å². The molecule has 0 saturated carbocycles. The van der Waals surface area contributed by atoms with Gasteiger partial charge in [-0.3, -0.25) is 0 Å². The van der Waals surface area contributed by atoms with E-state index in [0.29, 0.717) is 12.6 Å². The summed E-state index contributed by atoms with van der Waals surface area (Å²) >= 11 is 0. The van der Waals surface area contributed by atoms with Gasteiger partial charge in [-0.05, 0) is 26.4 Å². The van der Waals surface area contributed by atoms with Crippen molar-refractivity contribution in [3.8, 4) is 0 Å². The van der Waals surface area contributed by atoms with Crippen molar-refractivity contribution < 1.29 is 0 Å². The predicted octanol–water partition coefficient (Wildman–Crippen LogP) is 0.00350. The zero-order valence-corrected chi connectivity index (χ0v) is 8.56. The Balaban J connectivity index is 2.06. The van der Waals surface area contributed by atoms with Crippen LogP contribution in [0, 0.1) is 0 Å². The average Bonchev–Trinajstić information content (AvgIpc) is 2.66. The van der Waals surface area contributed by atoms with E-state index in [0.717, 1.165) is 12.2 Å². The number of hydrogen-bond donors (Lipinski definition) is 1. The van der Waals surface area contributed by atoms with Crippen molar-refractivity contribution in [2.45, 2.75) is 25.4 Å². The molecular formula is C9H17N5. The highest BCUT2D eigenvalue weighted by Gasteiger charge is 2.19. The second-order valence-corrected chi connectivity index (χ2v) is 3.95. The van der Waals surface area contributed by atoms with Gasteiger partial charge in [0.2, 0.25) is 0 Å². The van der Waals surface area contributed by atoms with Crippen molar-refractivity contribution in [1.29, 1.82) is 0 Å². The van der Waals surface area contributed by atoms with Crippen LogP contribution in [0.25, 0.3) is 0 Å². The van der Waals surface area contributed by atoms with Crippen molar-refractivity contribution in [2.24, 2.45) is 5.73 Å². The van der Waals surface area contributed by atoms with Gasteiger partial charge in [-0.1, -0.05) is 5.21 Å². The van der Waals surface area contributed by atoms with Gasteiger partial charge in [-0.2, -0.15) is 0 Å². The average molecular weight is 195 g/mol. The number of rotatable bonds is 2. The molecule has 78 valence electrons. The lowest BCUT2D eigenvalue weighted by Crippen LogP contribution is -2.33. The Morgan fingerprint density at radius 1 is 1.64 bits per heavy atom. The zero-order valence-electron chi connectivity index (χ0n) is 8.56. The summed E-state index contributed by atoms with van der Waals surface area (Å²) in [5.74, 6) is 0. The molecule has 1 fully saturated rings. The molecule has 5 nitrogen and oxygen atoms in total. The molecule has 0 aliphatic carbocycles. The summed E-state index contributed by atoms with van der Waals surface area (Å²) in [6, 6.07) is 0.474. The highest BCUT2D eigenvalue weighted by atomic mass is 15.4. The summed E-state index contributed by atoms with van der Waals surface area (Å²) in [6.07, 6.45) is 4.39. The minimum atomic E-state index is 0.474. The lowest BCUT2D eigenvalue weighted by molar-refractivity contribution is 0.200. The molecule has 1 atom stereocenters. The molecule has 14 heavy (non-hydrogen) atoms. The number of nitrogens with zero attached hydrogens (tertiary/aromatic N) is 4. The number of likely N-dealkylation sites (tertiary alicyclic amines) is 1. The molecule has 2 N–H and O–H groups in total. The van der Waals surface area contributed by atoms with Crippen molar-refractivity contribution >= 4 is 0 Å². The Bertz CT molecular complexity index is 295. The highest BCUT2D eigenvalue weighted by molar-refractivity contribution is 4.92. The Morgan fingerprint density at radius 2 is 2.50 bits per heavy atom. The summed E-state index contributed by atoms with van der Waals surface area (Å²) in [5, 5.41) is 8.11. The Morgan fingerprint density at radius 3 is 3.14 bits per heavy atom. The SMILES string of the molecule is CN1CCC[C@H](n2cc(CN)nn2)C1. The zero-order chi connectivity index (χ0) is 9.97. The number of piperidine rings is 1. The van der Waals surface area contributed by atoms with E-state index in [9.17, 15) is 0 Å². The van der Waals surface area contributed by atoms with E-state index in [-0.39, 0.29) is 0 Å². The molecule has 2 heterocycles. The van der Waals surface area contributed by atoms with Crippen molar-refractivity contribution in [3.05, 3.63) is 11.9 Å².